The molecule has 0 spiro atoms. The first kappa shape index (κ1) is 15.1. The summed E-state index contributed by atoms with van der Waals surface area (Å²) in [5, 5.41) is 4.06. The second-order valence-electron chi connectivity index (χ2n) is 5.53. The molecule has 0 atom stereocenters. The molecular weight excluding hydrogens is 319 g/mol. The van der Waals surface area contributed by atoms with Crippen LogP contribution in [0.15, 0.2) is 60.9 Å². The Kier molecular flexibility index (Phi) is 3.78. The Balaban J connectivity index is 1.71. The quantitative estimate of drug-likeness (QED) is 0.576. The van der Waals surface area contributed by atoms with Gasteiger partial charge in [0.2, 0.25) is 0 Å². The fraction of sp³-hybridized carbons (Fsp3) is 0.0526. The lowest BCUT2D eigenvalue weighted by molar-refractivity contribution is 0.415. The molecule has 0 fully saturated rings. The van der Waals surface area contributed by atoms with Crippen LogP contribution in [0.3, 0.4) is 0 Å². The fourth-order valence-corrected chi connectivity index (χ4v) is 2.64. The zero-order chi connectivity index (χ0) is 17.2. The minimum Gasteiger partial charge on any atom is -0.497 e. The second-order valence-corrected chi connectivity index (χ2v) is 5.53. The molecule has 0 aliphatic heterocycles. The van der Waals surface area contributed by atoms with Gasteiger partial charge in [0.15, 0.2) is 0 Å². The summed E-state index contributed by atoms with van der Waals surface area (Å²) in [4.78, 5) is 11.9. The summed E-state index contributed by atoms with van der Waals surface area (Å²) < 4.78 is 18.2. The molecule has 4 aromatic rings. The van der Waals surface area contributed by atoms with E-state index >= 15 is 0 Å². The van der Waals surface area contributed by atoms with Crippen molar-refractivity contribution in [1.29, 1.82) is 0 Å². The molecule has 5 nitrogen and oxygen atoms in total. The maximum absolute atomic E-state index is 13.1. The Morgan fingerprint density at radius 1 is 1.00 bits per heavy atom. The molecule has 25 heavy (non-hydrogen) atoms. The third kappa shape index (κ3) is 3.01. The van der Waals surface area contributed by atoms with E-state index in [0.29, 0.717) is 5.82 Å². The van der Waals surface area contributed by atoms with E-state index in [0.717, 1.165) is 33.7 Å². The number of aromatic amines is 1. The third-order valence-corrected chi connectivity index (χ3v) is 3.93. The Morgan fingerprint density at radius 3 is 2.48 bits per heavy atom. The van der Waals surface area contributed by atoms with Crippen LogP contribution in [0.2, 0.25) is 0 Å². The van der Waals surface area contributed by atoms with Crippen molar-refractivity contribution < 1.29 is 9.13 Å². The standard InChI is InChI=1S/C19H15FN4O/c1-25-15-8-2-12(3-9-15)17-10-16-18(21-11-22-19(16)24-17)23-14-6-4-13(20)5-7-14/h2-11H,1H3,(H2,21,22,23,24). The molecular formula is C19H15FN4O. The van der Waals surface area contributed by atoms with Crippen molar-refractivity contribution in [3.63, 3.8) is 0 Å². The first-order valence-corrected chi connectivity index (χ1v) is 7.74. The average molecular weight is 334 g/mol. The summed E-state index contributed by atoms with van der Waals surface area (Å²) in [6, 6.07) is 15.9. The van der Waals surface area contributed by atoms with Crippen LogP contribution in [-0.4, -0.2) is 22.1 Å². The van der Waals surface area contributed by atoms with Crippen molar-refractivity contribution in [1.82, 2.24) is 15.0 Å². The van der Waals surface area contributed by atoms with Gasteiger partial charge >= 0.3 is 0 Å². The third-order valence-electron chi connectivity index (χ3n) is 3.93. The number of hydrogen-bond donors (Lipinski definition) is 2. The highest BCUT2D eigenvalue weighted by Crippen LogP contribution is 2.29. The van der Waals surface area contributed by atoms with Crippen LogP contribution in [0.4, 0.5) is 15.9 Å². The maximum Gasteiger partial charge on any atom is 0.143 e. The molecule has 2 heterocycles. The van der Waals surface area contributed by atoms with Crippen molar-refractivity contribution in [3.8, 4) is 17.0 Å². The maximum atomic E-state index is 13.1. The van der Waals surface area contributed by atoms with Gasteiger partial charge in [-0.05, 0) is 60.2 Å². The number of ether oxygens (including phenoxy) is 1. The van der Waals surface area contributed by atoms with E-state index < -0.39 is 0 Å². The van der Waals surface area contributed by atoms with E-state index in [1.165, 1.54) is 18.5 Å². The van der Waals surface area contributed by atoms with Crippen LogP contribution in [0.5, 0.6) is 5.75 Å². The van der Waals surface area contributed by atoms with Gasteiger partial charge in [0.1, 0.15) is 29.4 Å². The number of aromatic nitrogens is 3. The van der Waals surface area contributed by atoms with Crippen LogP contribution >= 0.6 is 0 Å². The zero-order valence-electron chi connectivity index (χ0n) is 13.5. The molecule has 2 N–H and O–H groups in total. The first-order valence-electron chi connectivity index (χ1n) is 7.74. The Bertz CT molecular complexity index is 1010. The Hall–Kier alpha value is -3.41. The Morgan fingerprint density at radius 2 is 1.76 bits per heavy atom. The van der Waals surface area contributed by atoms with Crippen LogP contribution in [0, 0.1) is 5.82 Å². The van der Waals surface area contributed by atoms with Gasteiger partial charge in [0, 0.05) is 11.4 Å². The number of rotatable bonds is 4. The average Bonchev–Trinajstić information content (AvgIpc) is 3.09. The van der Waals surface area contributed by atoms with Gasteiger partial charge < -0.3 is 15.0 Å². The molecule has 6 heteroatoms. The molecule has 0 amide bonds. The van der Waals surface area contributed by atoms with E-state index in [1.54, 1.807) is 19.2 Å². The number of benzene rings is 2. The summed E-state index contributed by atoms with van der Waals surface area (Å²) in [6.45, 7) is 0. The van der Waals surface area contributed by atoms with Crippen molar-refractivity contribution >= 4 is 22.5 Å². The molecule has 0 aliphatic rings. The van der Waals surface area contributed by atoms with Crippen LogP contribution in [0.1, 0.15) is 0 Å². The number of hydrogen-bond acceptors (Lipinski definition) is 4. The second kappa shape index (κ2) is 6.24. The molecule has 0 bridgehead atoms. The smallest absolute Gasteiger partial charge is 0.143 e. The fourth-order valence-electron chi connectivity index (χ4n) is 2.64. The largest absolute Gasteiger partial charge is 0.497 e. The lowest BCUT2D eigenvalue weighted by Crippen LogP contribution is -1.94. The number of H-pyrrole nitrogens is 1. The summed E-state index contributed by atoms with van der Waals surface area (Å²) in [5.74, 6) is 1.19. The molecule has 0 saturated carbocycles. The lowest BCUT2D eigenvalue weighted by atomic mass is 10.1. The summed E-state index contributed by atoms with van der Waals surface area (Å²) in [5.41, 5.74) is 3.44. The van der Waals surface area contributed by atoms with Crippen molar-refractivity contribution in [2.75, 3.05) is 12.4 Å². The molecule has 124 valence electrons. The minimum absolute atomic E-state index is 0.276. The first-order chi connectivity index (χ1) is 12.2. The molecule has 0 unspecified atom stereocenters. The summed E-state index contributed by atoms with van der Waals surface area (Å²) in [6.07, 6.45) is 1.49. The molecule has 0 saturated heterocycles. The van der Waals surface area contributed by atoms with E-state index in [-0.39, 0.29) is 5.82 Å². The number of methoxy groups -OCH3 is 1. The highest BCUT2D eigenvalue weighted by molar-refractivity contribution is 5.92. The molecule has 4 rings (SSSR count). The lowest BCUT2D eigenvalue weighted by Gasteiger charge is -2.05. The molecule has 2 aromatic heterocycles. The number of anilines is 2. The van der Waals surface area contributed by atoms with Gasteiger partial charge in [-0.15, -0.1) is 0 Å². The summed E-state index contributed by atoms with van der Waals surface area (Å²) in [7, 11) is 1.64. The van der Waals surface area contributed by atoms with Crippen molar-refractivity contribution in [2.24, 2.45) is 0 Å². The van der Waals surface area contributed by atoms with Gasteiger partial charge in [-0.1, -0.05) is 0 Å². The number of nitrogens with one attached hydrogen (secondary N) is 2. The predicted molar refractivity (Wildman–Crippen MR) is 95.6 cm³/mol. The van der Waals surface area contributed by atoms with E-state index in [9.17, 15) is 4.39 Å². The van der Waals surface area contributed by atoms with Crippen LogP contribution < -0.4 is 10.1 Å². The predicted octanol–water partition coefficient (Wildman–Crippen LogP) is 4.52. The van der Waals surface area contributed by atoms with Crippen LogP contribution in [0.25, 0.3) is 22.3 Å². The number of halogens is 1. The van der Waals surface area contributed by atoms with Gasteiger partial charge in [-0.2, -0.15) is 0 Å². The molecule has 2 aromatic carbocycles. The number of nitrogens with zero attached hydrogens (tertiary/aromatic N) is 2. The van der Waals surface area contributed by atoms with Crippen molar-refractivity contribution in [3.05, 3.63) is 66.7 Å². The minimum atomic E-state index is -0.276. The van der Waals surface area contributed by atoms with E-state index in [1.807, 2.05) is 30.3 Å². The van der Waals surface area contributed by atoms with Gasteiger partial charge in [0.25, 0.3) is 0 Å². The van der Waals surface area contributed by atoms with Gasteiger partial charge in [-0.3, -0.25) is 0 Å². The van der Waals surface area contributed by atoms with Crippen molar-refractivity contribution in [2.45, 2.75) is 0 Å². The number of fused-ring (bicyclic) bond motifs is 1. The van der Waals surface area contributed by atoms with Gasteiger partial charge in [-0.25, -0.2) is 14.4 Å². The zero-order valence-corrected chi connectivity index (χ0v) is 13.5. The Labute approximate surface area is 143 Å². The highest BCUT2D eigenvalue weighted by Gasteiger charge is 2.10. The SMILES string of the molecule is COc1ccc(-c2cc3c(Nc4ccc(F)cc4)ncnc3[nH]2)cc1. The normalized spacial score (nSPS) is 10.8. The van der Waals surface area contributed by atoms with Gasteiger partial charge in [0.05, 0.1) is 12.5 Å². The monoisotopic (exact) mass is 334 g/mol. The topological polar surface area (TPSA) is 62.8 Å². The molecule has 0 aliphatic carbocycles. The van der Waals surface area contributed by atoms with E-state index in [4.69, 9.17) is 4.74 Å². The van der Waals surface area contributed by atoms with E-state index in [2.05, 4.69) is 20.3 Å². The molecule has 0 radical (unpaired) electrons. The van der Waals surface area contributed by atoms with Crippen LogP contribution in [-0.2, 0) is 0 Å². The highest BCUT2D eigenvalue weighted by atomic mass is 19.1. The summed E-state index contributed by atoms with van der Waals surface area (Å²) >= 11 is 0.